The van der Waals surface area contributed by atoms with Gasteiger partial charge in [0.25, 0.3) is 0 Å². The summed E-state index contributed by atoms with van der Waals surface area (Å²) < 4.78 is 0.429. The molecule has 1 aromatic carbocycles. The summed E-state index contributed by atoms with van der Waals surface area (Å²) in [7, 11) is 0. The van der Waals surface area contributed by atoms with E-state index in [1.165, 1.54) is 42.1 Å². The van der Waals surface area contributed by atoms with Crippen LogP contribution >= 0.6 is 27.7 Å². The molecule has 0 spiro atoms. The zero-order valence-electron chi connectivity index (χ0n) is 11.5. The predicted molar refractivity (Wildman–Crippen MR) is 87.2 cm³/mol. The normalized spacial score (nSPS) is 19.7. The summed E-state index contributed by atoms with van der Waals surface area (Å²) in [4.78, 5) is 2.55. The quantitative estimate of drug-likeness (QED) is 0.729. The van der Waals surface area contributed by atoms with Crippen molar-refractivity contribution in [2.45, 2.75) is 37.3 Å². The average Bonchev–Trinajstić information content (AvgIpc) is 2.50. The number of aryl methyl sites for hydroxylation is 1. The van der Waals surface area contributed by atoms with Gasteiger partial charge in [-0.05, 0) is 30.5 Å². The highest BCUT2D eigenvalue weighted by atomic mass is 79.9. The number of nitrogens with zero attached hydrogens (tertiary/aromatic N) is 1. The Balaban J connectivity index is 2.16. The van der Waals surface area contributed by atoms with Gasteiger partial charge in [0, 0.05) is 34.6 Å². The molecule has 1 aliphatic rings. The van der Waals surface area contributed by atoms with Gasteiger partial charge in [0.2, 0.25) is 0 Å². The average molecular weight is 328 g/mol. The molecule has 0 amide bonds. The van der Waals surface area contributed by atoms with Crippen LogP contribution in [0, 0.1) is 6.92 Å². The maximum absolute atomic E-state index is 3.52. The smallest absolute Gasteiger partial charge is 0.0396 e. The standard InChI is InChI=1S/C15H22BrNS/c1-12-10-13(11-16)4-5-14(12)17-7-6-15(2,3)18-9-8-17/h4-5,10H,6-9,11H2,1-3H3. The van der Waals surface area contributed by atoms with Gasteiger partial charge < -0.3 is 4.90 Å². The first-order valence-corrected chi connectivity index (χ1v) is 8.67. The van der Waals surface area contributed by atoms with Gasteiger partial charge >= 0.3 is 0 Å². The predicted octanol–water partition coefficient (Wildman–Crippen LogP) is 4.61. The minimum absolute atomic E-state index is 0.429. The fourth-order valence-corrected chi connectivity index (χ4v) is 3.87. The van der Waals surface area contributed by atoms with Gasteiger partial charge in [-0.25, -0.2) is 0 Å². The van der Waals surface area contributed by atoms with E-state index < -0.39 is 0 Å². The molecule has 1 heterocycles. The van der Waals surface area contributed by atoms with Crippen LogP contribution in [0.2, 0.25) is 0 Å². The van der Waals surface area contributed by atoms with Gasteiger partial charge in [-0.15, -0.1) is 0 Å². The van der Waals surface area contributed by atoms with Gasteiger partial charge in [-0.3, -0.25) is 0 Å². The monoisotopic (exact) mass is 327 g/mol. The number of rotatable bonds is 2. The second-order valence-electron chi connectivity index (χ2n) is 5.60. The summed E-state index contributed by atoms with van der Waals surface area (Å²) in [5.74, 6) is 1.23. The van der Waals surface area contributed by atoms with Crippen LogP contribution in [-0.2, 0) is 5.33 Å². The van der Waals surface area contributed by atoms with E-state index in [1.54, 1.807) is 0 Å². The molecule has 1 saturated heterocycles. The molecular weight excluding hydrogens is 306 g/mol. The highest BCUT2D eigenvalue weighted by molar-refractivity contribution is 9.08. The van der Waals surface area contributed by atoms with E-state index in [1.807, 2.05) is 0 Å². The van der Waals surface area contributed by atoms with E-state index in [-0.39, 0.29) is 0 Å². The Bertz CT molecular complexity index is 417. The van der Waals surface area contributed by atoms with Crippen molar-refractivity contribution in [2.24, 2.45) is 0 Å². The number of thioether (sulfide) groups is 1. The third kappa shape index (κ3) is 3.45. The van der Waals surface area contributed by atoms with E-state index in [0.717, 1.165) is 5.33 Å². The first kappa shape index (κ1) is 14.3. The second kappa shape index (κ2) is 5.87. The fourth-order valence-electron chi connectivity index (χ4n) is 2.42. The summed E-state index contributed by atoms with van der Waals surface area (Å²) in [5, 5.41) is 0.941. The Labute approximate surface area is 123 Å². The molecule has 0 atom stereocenters. The Morgan fingerprint density at radius 2 is 2.11 bits per heavy atom. The topological polar surface area (TPSA) is 3.24 Å². The Morgan fingerprint density at radius 3 is 2.78 bits per heavy atom. The van der Waals surface area contributed by atoms with E-state index in [2.05, 4.69) is 71.6 Å². The van der Waals surface area contributed by atoms with Crippen LogP contribution in [-0.4, -0.2) is 23.6 Å². The summed E-state index contributed by atoms with van der Waals surface area (Å²) in [6.07, 6.45) is 1.26. The van der Waals surface area contributed by atoms with Crippen LogP contribution < -0.4 is 4.90 Å². The van der Waals surface area contributed by atoms with Crippen molar-refractivity contribution < 1.29 is 0 Å². The molecule has 2 rings (SSSR count). The molecule has 100 valence electrons. The van der Waals surface area contributed by atoms with Crippen LogP contribution in [0.25, 0.3) is 0 Å². The molecule has 0 unspecified atom stereocenters. The van der Waals surface area contributed by atoms with Crippen LogP contribution in [0.5, 0.6) is 0 Å². The molecule has 1 fully saturated rings. The van der Waals surface area contributed by atoms with E-state index in [0.29, 0.717) is 4.75 Å². The number of hydrogen-bond acceptors (Lipinski definition) is 2. The highest BCUT2D eigenvalue weighted by Gasteiger charge is 2.24. The van der Waals surface area contributed by atoms with E-state index >= 15 is 0 Å². The Kier molecular flexibility index (Phi) is 4.65. The molecule has 1 nitrogen and oxygen atoms in total. The molecule has 0 radical (unpaired) electrons. The summed E-state index contributed by atoms with van der Waals surface area (Å²) in [6.45, 7) is 9.30. The highest BCUT2D eigenvalue weighted by Crippen LogP contribution is 2.33. The third-order valence-corrected chi connectivity index (χ3v) is 5.61. The molecule has 0 bridgehead atoms. The maximum Gasteiger partial charge on any atom is 0.0396 e. The number of halogens is 1. The van der Waals surface area contributed by atoms with Gasteiger partial charge in [0.05, 0.1) is 0 Å². The lowest BCUT2D eigenvalue weighted by molar-refractivity contribution is 0.637. The third-order valence-electron chi connectivity index (χ3n) is 3.59. The molecule has 0 saturated carbocycles. The lowest BCUT2D eigenvalue weighted by Gasteiger charge is -2.26. The van der Waals surface area contributed by atoms with Gasteiger partial charge in [-0.2, -0.15) is 11.8 Å². The molecular formula is C15H22BrNS. The van der Waals surface area contributed by atoms with Crippen LogP contribution in [0.3, 0.4) is 0 Å². The SMILES string of the molecule is Cc1cc(CBr)ccc1N1CCSC(C)(C)CC1. The number of hydrogen-bond donors (Lipinski definition) is 0. The Morgan fingerprint density at radius 1 is 1.33 bits per heavy atom. The molecule has 0 N–H and O–H groups in total. The van der Waals surface area contributed by atoms with Crippen molar-refractivity contribution in [1.29, 1.82) is 0 Å². The molecule has 3 heteroatoms. The minimum atomic E-state index is 0.429. The van der Waals surface area contributed by atoms with Crippen LogP contribution in [0.4, 0.5) is 5.69 Å². The fraction of sp³-hybridized carbons (Fsp3) is 0.600. The zero-order chi connectivity index (χ0) is 13.2. The largest absolute Gasteiger partial charge is 0.370 e. The number of anilines is 1. The molecule has 0 aliphatic carbocycles. The van der Waals surface area contributed by atoms with Gasteiger partial charge in [-0.1, -0.05) is 41.9 Å². The van der Waals surface area contributed by atoms with Crippen molar-refractivity contribution in [3.8, 4) is 0 Å². The van der Waals surface area contributed by atoms with Crippen molar-refractivity contribution in [3.63, 3.8) is 0 Å². The van der Waals surface area contributed by atoms with Crippen LogP contribution in [0.1, 0.15) is 31.4 Å². The van der Waals surface area contributed by atoms with Crippen molar-refractivity contribution in [1.82, 2.24) is 0 Å². The summed E-state index contributed by atoms with van der Waals surface area (Å²) in [5.41, 5.74) is 4.18. The lowest BCUT2D eigenvalue weighted by atomic mass is 10.1. The summed E-state index contributed by atoms with van der Waals surface area (Å²) >= 11 is 5.63. The van der Waals surface area contributed by atoms with Crippen molar-refractivity contribution in [2.75, 3.05) is 23.7 Å². The molecule has 0 aromatic heterocycles. The van der Waals surface area contributed by atoms with Crippen molar-refractivity contribution >= 4 is 33.4 Å². The lowest BCUT2D eigenvalue weighted by Crippen LogP contribution is -2.27. The van der Waals surface area contributed by atoms with Gasteiger partial charge in [0.15, 0.2) is 0 Å². The number of benzene rings is 1. The van der Waals surface area contributed by atoms with E-state index in [9.17, 15) is 0 Å². The molecule has 18 heavy (non-hydrogen) atoms. The van der Waals surface area contributed by atoms with Gasteiger partial charge in [0.1, 0.15) is 0 Å². The summed E-state index contributed by atoms with van der Waals surface area (Å²) in [6, 6.07) is 6.82. The van der Waals surface area contributed by atoms with E-state index in [4.69, 9.17) is 0 Å². The molecule has 1 aromatic rings. The Hall–Kier alpha value is -0.150. The van der Waals surface area contributed by atoms with Crippen LogP contribution in [0.15, 0.2) is 18.2 Å². The maximum atomic E-state index is 3.52. The first-order valence-electron chi connectivity index (χ1n) is 6.56. The zero-order valence-corrected chi connectivity index (χ0v) is 13.9. The number of alkyl halides is 1. The molecule has 1 aliphatic heterocycles. The second-order valence-corrected chi connectivity index (χ2v) is 7.96. The van der Waals surface area contributed by atoms with Crippen molar-refractivity contribution in [3.05, 3.63) is 29.3 Å². The minimum Gasteiger partial charge on any atom is -0.370 e. The first-order chi connectivity index (χ1) is 8.52.